The maximum absolute atomic E-state index is 12.8. The summed E-state index contributed by atoms with van der Waals surface area (Å²) < 4.78 is 1.89. The monoisotopic (exact) mass is 374 g/mol. The molecule has 0 radical (unpaired) electrons. The molecule has 1 aliphatic rings. The summed E-state index contributed by atoms with van der Waals surface area (Å²) in [7, 11) is 0. The number of rotatable bonds is 5. The minimum atomic E-state index is -0.279. The standard InChI is InChI=1S/C22H22N4O2/c27-21(24-17-11-5-2-6-12-17)19-18-13-7-8-14-26(18)20(25-19)22(28)23-15-16-9-3-1-4-10-16/h1-6,9-12H,7-8,13-15H2,(H,23,28)(H,24,27). The predicted molar refractivity (Wildman–Crippen MR) is 107 cm³/mol. The third kappa shape index (κ3) is 3.81. The molecule has 2 heterocycles. The van der Waals surface area contributed by atoms with Gasteiger partial charge in [-0.25, -0.2) is 4.98 Å². The van der Waals surface area contributed by atoms with Gasteiger partial charge in [-0.1, -0.05) is 48.5 Å². The van der Waals surface area contributed by atoms with E-state index < -0.39 is 0 Å². The minimum Gasteiger partial charge on any atom is -0.345 e. The molecular weight excluding hydrogens is 352 g/mol. The number of para-hydroxylation sites is 1. The van der Waals surface area contributed by atoms with E-state index in [9.17, 15) is 9.59 Å². The topological polar surface area (TPSA) is 76.0 Å². The highest BCUT2D eigenvalue weighted by molar-refractivity contribution is 6.05. The molecule has 142 valence electrons. The molecule has 2 amide bonds. The van der Waals surface area contributed by atoms with E-state index in [-0.39, 0.29) is 11.8 Å². The summed E-state index contributed by atoms with van der Waals surface area (Å²) in [5.41, 5.74) is 2.90. The van der Waals surface area contributed by atoms with Gasteiger partial charge in [-0.3, -0.25) is 9.59 Å². The lowest BCUT2D eigenvalue weighted by molar-refractivity contribution is 0.0935. The van der Waals surface area contributed by atoms with Crippen molar-refractivity contribution >= 4 is 17.5 Å². The predicted octanol–water partition coefficient (Wildman–Crippen LogP) is 3.40. The zero-order valence-electron chi connectivity index (χ0n) is 15.5. The van der Waals surface area contributed by atoms with E-state index in [0.29, 0.717) is 30.3 Å². The first kappa shape index (κ1) is 18.0. The molecule has 0 fully saturated rings. The number of anilines is 1. The molecule has 0 aliphatic carbocycles. The van der Waals surface area contributed by atoms with Gasteiger partial charge in [0.1, 0.15) is 0 Å². The van der Waals surface area contributed by atoms with Gasteiger partial charge in [0.25, 0.3) is 11.8 Å². The van der Waals surface area contributed by atoms with Crippen LogP contribution in [-0.4, -0.2) is 21.4 Å². The smallest absolute Gasteiger partial charge is 0.287 e. The lowest BCUT2D eigenvalue weighted by Gasteiger charge is -2.17. The molecule has 0 atom stereocenters. The zero-order chi connectivity index (χ0) is 19.3. The van der Waals surface area contributed by atoms with Crippen molar-refractivity contribution in [1.82, 2.24) is 14.9 Å². The van der Waals surface area contributed by atoms with Gasteiger partial charge in [-0.2, -0.15) is 0 Å². The Morgan fingerprint density at radius 3 is 2.39 bits per heavy atom. The lowest BCUT2D eigenvalue weighted by Crippen LogP contribution is -2.27. The average Bonchev–Trinajstić information content (AvgIpc) is 3.13. The molecule has 3 aromatic rings. The van der Waals surface area contributed by atoms with E-state index in [2.05, 4.69) is 15.6 Å². The van der Waals surface area contributed by atoms with Crippen LogP contribution in [0.3, 0.4) is 0 Å². The summed E-state index contributed by atoms with van der Waals surface area (Å²) >= 11 is 0. The normalized spacial score (nSPS) is 12.9. The fourth-order valence-electron chi connectivity index (χ4n) is 3.47. The highest BCUT2D eigenvalue weighted by atomic mass is 16.2. The van der Waals surface area contributed by atoms with Gasteiger partial charge >= 0.3 is 0 Å². The second-order valence-corrected chi connectivity index (χ2v) is 6.83. The van der Waals surface area contributed by atoms with E-state index in [1.54, 1.807) is 0 Å². The molecule has 4 rings (SSSR count). The van der Waals surface area contributed by atoms with E-state index in [0.717, 1.165) is 30.5 Å². The molecule has 1 aromatic heterocycles. The van der Waals surface area contributed by atoms with Crippen molar-refractivity contribution in [3.63, 3.8) is 0 Å². The van der Waals surface area contributed by atoms with Crippen molar-refractivity contribution in [3.8, 4) is 0 Å². The molecule has 6 heteroatoms. The van der Waals surface area contributed by atoms with E-state index >= 15 is 0 Å². The van der Waals surface area contributed by atoms with Crippen LogP contribution in [0, 0.1) is 0 Å². The molecule has 1 aliphatic heterocycles. The number of benzene rings is 2. The Morgan fingerprint density at radius 2 is 1.64 bits per heavy atom. The van der Waals surface area contributed by atoms with Gasteiger partial charge in [0.05, 0.1) is 5.69 Å². The Kier molecular flexibility index (Phi) is 5.19. The largest absolute Gasteiger partial charge is 0.345 e. The number of amides is 2. The number of hydrogen-bond donors (Lipinski definition) is 2. The SMILES string of the molecule is O=C(Nc1ccccc1)c1nc(C(=O)NCc2ccccc2)n2c1CCCC2. The van der Waals surface area contributed by atoms with Gasteiger partial charge in [0, 0.05) is 18.8 Å². The first-order valence-electron chi connectivity index (χ1n) is 9.50. The summed E-state index contributed by atoms with van der Waals surface area (Å²) in [6.07, 6.45) is 2.71. The van der Waals surface area contributed by atoms with E-state index in [1.165, 1.54) is 0 Å². The second-order valence-electron chi connectivity index (χ2n) is 6.83. The highest BCUT2D eigenvalue weighted by Gasteiger charge is 2.27. The molecular formula is C22H22N4O2. The number of fused-ring (bicyclic) bond motifs is 1. The van der Waals surface area contributed by atoms with Crippen LogP contribution in [0.1, 0.15) is 45.2 Å². The highest BCUT2D eigenvalue weighted by Crippen LogP contribution is 2.22. The van der Waals surface area contributed by atoms with Crippen molar-refractivity contribution in [2.75, 3.05) is 5.32 Å². The van der Waals surface area contributed by atoms with Crippen molar-refractivity contribution in [3.05, 3.63) is 83.4 Å². The van der Waals surface area contributed by atoms with Gasteiger partial charge in [0.2, 0.25) is 0 Å². The number of carbonyl (C=O) groups is 2. The summed E-state index contributed by atoms with van der Waals surface area (Å²) in [5, 5.41) is 5.79. The maximum atomic E-state index is 12.8. The van der Waals surface area contributed by atoms with Gasteiger partial charge < -0.3 is 15.2 Å². The van der Waals surface area contributed by atoms with Crippen LogP contribution < -0.4 is 10.6 Å². The number of nitrogens with zero attached hydrogens (tertiary/aromatic N) is 2. The van der Waals surface area contributed by atoms with E-state index in [1.807, 2.05) is 65.2 Å². The minimum absolute atomic E-state index is 0.259. The van der Waals surface area contributed by atoms with Gasteiger partial charge in [0.15, 0.2) is 11.5 Å². The molecule has 2 aromatic carbocycles. The number of carbonyl (C=O) groups excluding carboxylic acids is 2. The van der Waals surface area contributed by atoms with Crippen LogP contribution in [0.15, 0.2) is 60.7 Å². The quantitative estimate of drug-likeness (QED) is 0.719. The van der Waals surface area contributed by atoms with Crippen LogP contribution in [0.4, 0.5) is 5.69 Å². The summed E-state index contributed by atoms with van der Waals surface area (Å²) in [6.45, 7) is 1.13. The Balaban J connectivity index is 1.56. The van der Waals surface area contributed by atoms with Crippen LogP contribution >= 0.6 is 0 Å². The Bertz CT molecular complexity index is 981. The van der Waals surface area contributed by atoms with Gasteiger partial charge in [-0.15, -0.1) is 0 Å². The molecule has 0 saturated carbocycles. The van der Waals surface area contributed by atoms with Crippen LogP contribution in [0.5, 0.6) is 0 Å². The third-order valence-corrected chi connectivity index (χ3v) is 4.86. The Morgan fingerprint density at radius 1 is 0.929 bits per heavy atom. The summed E-state index contributed by atoms with van der Waals surface area (Å²) in [5.74, 6) is -0.228. The van der Waals surface area contributed by atoms with Crippen LogP contribution in [0.2, 0.25) is 0 Å². The number of hydrogen-bond acceptors (Lipinski definition) is 3. The number of imidazole rings is 1. The molecule has 0 bridgehead atoms. The average molecular weight is 374 g/mol. The Hall–Kier alpha value is -3.41. The molecule has 28 heavy (non-hydrogen) atoms. The first-order chi connectivity index (χ1) is 13.7. The maximum Gasteiger partial charge on any atom is 0.287 e. The summed E-state index contributed by atoms with van der Waals surface area (Å²) in [6, 6.07) is 19.0. The molecule has 0 unspecified atom stereocenters. The molecule has 2 N–H and O–H groups in total. The van der Waals surface area contributed by atoms with E-state index in [4.69, 9.17) is 0 Å². The number of aromatic nitrogens is 2. The van der Waals surface area contributed by atoms with Crippen LogP contribution in [0.25, 0.3) is 0 Å². The van der Waals surface area contributed by atoms with Crippen LogP contribution in [-0.2, 0) is 19.5 Å². The summed E-state index contributed by atoms with van der Waals surface area (Å²) in [4.78, 5) is 30.0. The van der Waals surface area contributed by atoms with Crippen molar-refractivity contribution in [2.24, 2.45) is 0 Å². The zero-order valence-corrected chi connectivity index (χ0v) is 15.5. The Labute approximate surface area is 163 Å². The lowest BCUT2D eigenvalue weighted by atomic mass is 10.1. The third-order valence-electron chi connectivity index (χ3n) is 4.86. The van der Waals surface area contributed by atoms with Crippen molar-refractivity contribution in [1.29, 1.82) is 0 Å². The van der Waals surface area contributed by atoms with Crippen molar-refractivity contribution < 1.29 is 9.59 Å². The van der Waals surface area contributed by atoms with Crippen molar-refractivity contribution in [2.45, 2.75) is 32.4 Å². The second kappa shape index (κ2) is 8.08. The van der Waals surface area contributed by atoms with Gasteiger partial charge in [-0.05, 0) is 37.0 Å². The molecule has 0 spiro atoms. The molecule has 0 saturated heterocycles. The number of nitrogens with one attached hydrogen (secondary N) is 2. The fourth-order valence-corrected chi connectivity index (χ4v) is 3.47. The fraction of sp³-hybridized carbons (Fsp3) is 0.227. The molecule has 6 nitrogen and oxygen atoms in total. The first-order valence-corrected chi connectivity index (χ1v) is 9.50.